The first kappa shape index (κ1) is 37.2. The highest BCUT2D eigenvalue weighted by molar-refractivity contribution is 5.68. The van der Waals surface area contributed by atoms with Gasteiger partial charge in [0.2, 0.25) is 0 Å². The summed E-state index contributed by atoms with van der Waals surface area (Å²) >= 11 is 0. The summed E-state index contributed by atoms with van der Waals surface area (Å²) in [6.07, 6.45) is 14.7. The summed E-state index contributed by atoms with van der Waals surface area (Å²) in [4.78, 5) is 27.8. The van der Waals surface area contributed by atoms with Gasteiger partial charge in [0.25, 0.3) is 0 Å². The molecule has 254 valence electrons. The Morgan fingerprint density at radius 2 is 1.13 bits per heavy atom. The first-order valence-electron chi connectivity index (χ1n) is 17.6. The predicted octanol–water partition coefficient (Wildman–Crippen LogP) is 10.0. The van der Waals surface area contributed by atoms with Crippen LogP contribution in [0.2, 0.25) is 0 Å². The van der Waals surface area contributed by atoms with Crippen LogP contribution in [-0.4, -0.2) is 59.4 Å². The predicted molar refractivity (Wildman–Crippen MR) is 189 cm³/mol. The van der Waals surface area contributed by atoms with Crippen molar-refractivity contribution in [1.29, 1.82) is 0 Å². The van der Waals surface area contributed by atoms with Gasteiger partial charge in [-0.2, -0.15) is 0 Å². The summed E-state index contributed by atoms with van der Waals surface area (Å²) in [5.74, 6) is 0.768. The number of benzene rings is 2. The number of nitrogens with zero attached hydrogens (tertiary/aromatic N) is 2. The van der Waals surface area contributed by atoms with E-state index in [0.717, 1.165) is 70.6 Å². The highest BCUT2D eigenvalue weighted by Gasteiger charge is 2.27. The van der Waals surface area contributed by atoms with E-state index in [-0.39, 0.29) is 12.2 Å². The number of carbonyl (C=O) groups is 2. The second-order valence-corrected chi connectivity index (χ2v) is 14.8. The smallest absolute Gasteiger partial charge is 0.410 e. The van der Waals surface area contributed by atoms with Crippen molar-refractivity contribution >= 4 is 12.2 Å². The number of hydrogen-bond donors (Lipinski definition) is 0. The molecular formula is C40H60N2O4. The van der Waals surface area contributed by atoms with Crippen molar-refractivity contribution in [1.82, 2.24) is 9.80 Å². The normalized spacial score (nSPS) is 15.9. The third-order valence-corrected chi connectivity index (χ3v) is 8.44. The quantitative estimate of drug-likeness (QED) is 0.204. The Morgan fingerprint density at radius 1 is 0.674 bits per heavy atom. The maximum Gasteiger partial charge on any atom is 0.410 e. The Morgan fingerprint density at radius 3 is 1.61 bits per heavy atom. The topological polar surface area (TPSA) is 59.1 Å². The van der Waals surface area contributed by atoms with Crippen LogP contribution in [0.4, 0.5) is 9.59 Å². The lowest BCUT2D eigenvalue weighted by Crippen LogP contribution is -2.41. The van der Waals surface area contributed by atoms with Gasteiger partial charge in [-0.05, 0) is 116 Å². The fraction of sp³-hybridized carbons (Fsp3) is 0.600. The highest BCUT2D eigenvalue weighted by Crippen LogP contribution is 2.25. The Bertz CT molecular complexity index is 1180. The third kappa shape index (κ3) is 15.3. The van der Waals surface area contributed by atoms with Crippen molar-refractivity contribution in [3.8, 4) is 0 Å². The summed E-state index contributed by atoms with van der Waals surface area (Å²) < 4.78 is 10.9. The SMILES string of the molecule is CC(C)(C)OC(=O)N1CCC(=CCCCc2ccccc2)CC1.CC(C)(C)OC(=O)N1CCC(CCCCc2ccccc2)CC1. The molecule has 2 aliphatic rings. The number of ether oxygens (including phenoxy) is 2. The molecule has 0 spiro atoms. The molecule has 0 saturated carbocycles. The van der Waals surface area contributed by atoms with Crippen LogP contribution in [0, 0.1) is 5.92 Å². The second-order valence-electron chi connectivity index (χ2n) is 14.8. The molecule has 2 aromatic rings. The van der Waals surface area contributed by atoms with E-state index in [0.29, 0.717) is 0 Å². The van der Waals surface area contributed by atoms with Crippen LogP contribution < -0.4 is 0 Å². The number of piperidine rings is 2. The Balaban J connectivity index is 0.000000250. The van der Waals surface area contributed by atoms with Crippen molar-refractivity contribution < 1.29 is 19.1 Å². The van der Waals surface area contributed by atoms with E-state index in [2.05, 4.69) is 66.7 Å². The van der Waals surface area contributed by atoms with Crippen LogP contribution in [-0.2, 0) is 22.3 Å². The summed E-state index contributed by atoms with van der Waals surface area (Å²) in [5.41, 5.74) is 3.52. The van der Waals surface area contributed by atoms with Gasteiger partial charge in [0.05, 0.1) is 0 Å². The molecule has 46 heavy (non-hydrogen) atoms. The molecule has 6 nitrogen and oxygen atoms in total. The molecule has 0 aliphatic carbocycles. The lowest BCUT2D eigenvalue weighted by atomic mass is 9.91. The minimum atomic E-state index is -0.412. The average Bonchev–Trinajstić information content (AvgIpc) is 3.02. The van der Waals surface area contributed by atoms with Gasteiger partial charge in [0.1, 0.15) is 11.2 Å². The van der Waals surface area contributed by atoms with E-state index >= 15 is 0 Å². The molecule has 0 aromatic heterocycles. The summed E-state index contributed by atoms with van der Waals surface area (Å²) in [6.45, 7) is 14.7. The monoisotopic (exact) mass is 632 g/mol. The van der Waals surface area contributed by atoms with Crippen LogP contribution in [0.1, 0.15) is 110 Å². The Hall–Kier alpha value is -3.28. The van der Waals surface area contributed by atoms with Gasteiger partial charge in [-0.25, -0.2) is 9.59 Å². The van der Waals surface area contributed by atoms with Crippen LogP contribution >= 0.6 is 0 Å². The number of carbonyl (C=O) groups excluding carboxylic acids is 2. The number of unbranched alkanes of at least 4 members (excludes halogenated alkanes) is 2. The Kier molecular flexibility index (Phi) is 15.2. The highest BCUT2D eigenvalue weighted by atomic mass is 16.6. The minimum Gasteiger partial charge on any atom is -0.444 e. The van der Waals surface area contributed by atoms with E-state index in [4.69, 9.17) is 9.47 Å². The first-order valence-corrected chi connectivity index (χ1v) is 17.6. The lowest BCUT2D eigenvalue weighted by Gasteiger charge is -2.33. The van der Waals surface area contributed by atoms with Crippen molar-refractivity contribution in [2.24, 2.45) is 5.92 Å². The molecule has 0 radical (unpaired) electrons. The molecule has 4 rings (SSSR count). The molecule has 2 amide bonds. The summed E-state index contributed by atoms with van der Waals surface area (Å²) in [5, 5.41) is 0. The molecule has 2 fully saturated rings. The van der Waals surface area contributed by atoms with E-state index < -0.39 is 11.2 Å². The zero-order chi connectivity index (χ0) is 33.4. The lowest BCUT2D eigenvalue weighted by molar-refractivity contribution is 0.0178. The maximum absolute atomic E-state index is 12.0. The Labute approximate surface area is 279 Å². The van der Waals surface area contributed by atoms with Gasteiger partial charge >= 0.3 is 12.2 Å². The molecule has 6 heteroatoms. The van der Waals surface area contributed by atoms with Gasteiger partial charge in [-0.1, -0.05) is 85.2 Å². The second kappa shape index (κ2) is 18.8. The number of amides is 2. The van der Waals surface area contributed by atoms with Gasteiger partial charge in [0, 0.05) is 26.2 Å². The number of likely N-dealkylation sites (tertiary alicyclic amines) is 2. The van der Waals surface area contributed by atoms with Crippen LogP contribution in [0.5, 0.6) is 0 Å². The van der Waals surface area contributed by atoms with Gasteiger partial charge in [-0.3, -0.25) is 0 Å². The van der Waals surface area contributed by atoms with E-state index in [1.54, 1.807) is 0 Å². The van der Waals surface area contributed by atoms with E-state index in [1.807, 2.05) is 51.3 Å². The summed E-state index contributed by atoms with van der Waals surface area (Å²) in [7, 11) is 0. The fourth-order valence-corrected chi connectivity index (χ4v) is 5.90. The number of hydrogen-bond acceptors (Lipinski definition) is 4. The van der Waals surface area contributed by atoms with Crippen molar-refractivity contribution in [2.75, 3.05) is 26.2 Å². The van der Waals surface area contributed by atoms with Crippen LogP contribution in [0.15, 0.2) is 72.3 Å². The molecule has 2 heterocycles. The standard InChI is InChI=1S/C20H31NO2.C20H29NO2/c2*1-20(2,3)23-19(22)21-15-13-18(14-16-21)12-8-7-11-17-9-5-4-6-10-17/h4-6,9-10,18H,7-8,11-16H2,1-3H3;4-6,9-10,12H,7-8,11,13-16H2,1-3H3. The number of aryl methyl sites for hydroxylation is 2. The van der Waals surface area contributed by atoms with Crippen LogP contribution in [0.3, 0.4) is 0 Å². The molecule has 0 bridgehead atoms. The van der Waals surface area contributed by atoms with E-state index in [9.17, 15) is 9.59 Å². The summed E-state index contributed by atoms with van der Waals surface area (Å²) in [6, 6.07) is 21.3. The molecule has 2 aliphatic heterocycles. The zero-order valence-electron chi connectivity index (χ0n) is 29.6. The molecule has 0 atom stereocenters. The van der Waals surface area contributed by atoms with Crippen molar-refractivity contribution in [2.45, 2.75) is 123 Å². The molecule has 0 N–H and O–H groups in total. The largest absolute Gasteiger partial charge is 0.444 e. The van der Waals surface area contributed by atoms with Crippen molar-refractivity contribution in [3.05, 3.63) is 83.4 Å². The van der Waals surface area contributed by atoms with Gasteiger partial charge in [-0.15, -0.1) is 0 Å². The van der Waals surface area contributed by atoms with Crippen LogP contribution in [0.25, 0.3) is 0 Å². The average molecular weight is 633 g/mol. The van der Waals surface area contributed by atoms with Gasteiger partial charge in [0.15, 0.2) is 0 Å². The zero-order valence-corrected chi connectivity index (χ0v) is 29.6. The maximum atomic E-state index is 12.0. The fourth-order valence-electron chi connectivity index (χ4n) is 5.90. The third-order valence-electron chi connectivity index (χ3n) is 8.44. The molecule has 2 aromatic carbocycles. The number of rotatable bonds is 9. The molecule has 2 saturated heterocycles. The minimum absolute atomic E-state index is 0.153. The molecular weight excluding hydrogens is 572 g/mol. The van der Waals surface area contributed by atoms with Crippen molar-refractivity contribution in [3.63, 3.8) is 0 Å². The van der Waals surface area contributed by atoms with E-state index in [1.165, 1.54) is 48.8 Å². The first-order chi connectivity index (χ1) is 21.9. The molecule has 0 unspecified atom stereocenters. The number of allylic oxidation sites excluding steroid dienone is 1. The van der Waals surface area contributed by atoms with Gasteiger partial charge < -0.3 is 19.3 Å².